The SMILES string of the molecule is CC1C(C2=CCCC=C2C2C=CCCC2C2=C(c3cc(-c4ccc(-c5ccccc5)cc4)nc(C4=CCCC=C4)n3)C=[N+]=N2)=NC(C2C=CC=CC2)NC1c1ccccc1. The van der Waals surface area contributed by atoms with Crippen LogP contribution < -0.4 is 5.32 Å². The molecule has 6 unspecified atom stereocenters. The first kappa shape index (κ1) is 37.9. The minimum Gasteiger partial charge on any atom is -0.288 e. The Hall–Kier alpha value is -6.33. The first-order valence-corrected chi connectivity index (χ1v) is 21.9. The largest absolute Gasteiger partial charge is 0.342 e. The van der Waals surface area contributed by atoms with E-state index in [1.165, 1.54) is 33.5 Å². The quantitative estimate of drug-likeness (QED) is 0.136. The molecule has 3 aromatic carbocycles. The molecule has 2 aliphatic heterocycles. The van der Waals surface area contributed by atoms with Gasteiger partial charge in [-0.05, 0) is 78.8 Å². The predicted molar refractivity (Wildman–Crippen MR) is 245 cm³/mol. The van der Waals surface area contributed by atoms with Gasteiger partial charge in [0.15, 0.2) is 5.82 Å². The molecule has 6 atom stereocenters. The highest BCUT2D eigenvalue weighted by atomic mass is 15.1. The zero-order valence-corrected chi connectivity index (χ0v) is 34.2. The molecular weight excluding hydrogens is 733 g/mol. The minimum atomic E-state index is -0.0123. The molecule has 1 aromatic heterocycles. The molecule has 4 aromatic rings. The van der Waals surface area contributed by atoms with Gasteiger partial charge < -0.3 is 0 Å². The fraction of sp³-hybridized carbons (Fsp3) is 0.259. The maximum atomic E-state index is 5.63. The van der Waals surface area contributed by atoms with Crippen LogP contribution in [0.4, 0.5) is 0 Å². The number of nitrogens with one attached hydrogen (secondary N) is 1. The van der Waals surface area contributed by atoms with Crippen molar-refractivity contribution in [2.45, 2.75) is 64.1 Å². The van der Waals surface area contributed by atoms with Crippen molar-refractivity contribution in [1.82, 2.24) is 15.3 Å². The van der Waals surface area contributed by atoms with Crippen LogP contribution in [-0.4, -0.2) is 32.8 Å². The van der Waals surface area contributed by atoms with Gasteiger partial charge in [0, 0.05) is 46.6 Å². The predicted octanol–water partition coefficient (Wildman–Crippen LogP) is 12.1. The number of hydrogen-bond donors (Lipinski definition) is 1. The smallest absolute Gasteiger partial charge is 0.288 e. The fourth-order valence-corrected chi connectivity index (χ4v) is 9.77. The summed E-state index contributed by atoms with van der Waals surface area (Å²) >= 11 is 0. The van der Waals surface area contributed by atoms with Crippen LogP contribution in [-0.2, 0) is 0 Å². The third-order valence-electron chi connectivity index (χ3n) is 12.9. The molecule has 4 aliphatic carbocycles. The number of hydrogen-bond acceptors (Lipinski definition) is 5. The number of allylic oxidation sites excluding steroid dienone is 15. The average Bonchev–Trinajstić information content (AvgIpc) is 3.83. The van der Waals surface area contributed by atoms with Gasteiger partial charge in [-0.1, -0.05) is 159 Å². The summed E-state index contributed by atoms with van der Waals surface area (Å²) in [6, 6.07) is 32.5. The monoisotopic (exact) mass is 783 g/mol. The van der Waals surface area contributed by atoms with Gasteiger partial charge in [0.2, 0.25) is 0 Å². The summed E-state index contributed by atoms with van der Waals surface area (Å²) in [7, 11) is 0. The van der Waals surface area contributed by atoms with Crippen LogP contribution in [0.2, 0.25) is 0 Å². The number of aliphatic imine (C=N–C) groups is 1. The zero-order chi connectivity index (χ0) is 40.3. The second kappa shape index (κ2) is 17.1. The van der Waals surface area contributed by atoms with E-state index in [-0.39, 0.29) is 30.0 Å². The van der Waals surface area contributed by atoms with Crippen molar-refractivity contribution in [3.63, 3.8) is 0 Å². The molecule has 0 bridgehead atoms. The molecule has 296 valence electrons. The molecule has 0 saturated carbocycles. The Bertz CT molecular complexity index is 2610. The Balaban J connectivity index is 1.02. The van der Waals surface area contributed by atoms with Gasteiger partial charge in [0.25, 0.3) is 0 Å². The summed E-state index contributed by atoms with van der Waals surface area (Å²) in [5.41, 5.74) is 13.4. The highest BCUT2D eigenvalue weighted by Gasteiger charge is 2.41. The summed E-state index contributed by atoms with van der Waals surface area (Å²) in [6.45, 7) is 2.36. The van der Waals surface area contributed by atoms with Crippen molar-refractivity contribution in [3.8, 4) is 22.4 Å². The third-order valence-corrected chi connectivity index (χ3v) is 12.9. The van der Waals surface area contributed by atoms with Gasteiger partial charge in [-0.2, -0.15) is 0 Å². The van der Waals surface area contributed by atoms with Gasteiger partial charge in [-0.25, -0.2) is 9.97 Å². The Morgan fingerprint density at radius 2 is 1.47 bits per heavy atom. The van der Waals surface area contributed by atoms with Gasteiger partial charge >= 0.3 is 6.21 Å². The lowest BCUT2D eigenvalue weighted by molar-refractivity contribution is -0.0707. The van der Waals surface area contributed by atoms with Crippen LogP contribution in [0.25, 0.3) is 33.5 Å². The number of aromatic nitrogens is 2. The van der Waals surface area contributed by atoms with Crippen molar-refractivity contribution in [1.29, 1.82) is 0 Å². The van der Waals surface area contributed by atoms with Crippen molar-refractivity contribution in [2.24, 2.45) is 33.8 Å². The summed E-state index contributed by atoms with van der Waals surface area (Å²) in [5.74, 6) is 1.48. The molecule has 6 nitrogen and oxygen atoms in total. The molecule has 0 spiro atoms. The van der Waals surface area contributed by atoms with E-state index in [0.717, 1.165) is 84.6 Å². The molecule has 0 fully saturated rings. The van der Waals surface area contributed by atoms with Crippen molar-refractivity contribution >= 4 is 23.1 Å². The molecule has 0 saturated heterocycles. The normalized spacial score (nSPS) is 25.9. The van der Waals surface area contributed by atoms with E-state index in [9.17, 15) is 0 Å². The number of benzene rings is 3. The van der Waals surface area contributed by atoms with Crippen LogP contribution in [0.5, 0.6) is 0 Å². The molecule has 1 N–H and O–H groups in total. The van der Waals surface area contributed by atoms with E-state index < -0.39 is 0 Å². The standard InChI is InChI=1S/C54H51N6/c1-36-50(40-20-8-3-9-21-40)58-54(42-24-12-5-13-25-42)59-51(36)45-28-16-14-26-43(45)44-27-15-17-29-46(44)52-47(35-55-60-52)49-34-48(56-53(57-49)41-22-10-4-11-23-41)39-32-30-38(31-33-39)37-18-6-2-7-19-37/h2-3,5-10,12-13,15,18-24,26-28,30-36,42,44,46,50,54,58H,4,11,14,16-17,25,29H2,1H3/q+1. The lowest BCUT2D eigenvalue weighted by Crippen LogP contribution is -2.47. The maximum absolute atomic E-state index is 5.63. The van der Waals surface area contributed by atoms with Crippen molar-refractivity contribution in [3.05, 3.63) is 192 Å². The highest BCUT2D eigenvalue weighted by Crippen LogP contribution is 2.45. The molecule has 0 radical (unpaired) electrons. The van der Waals surface area contributed by atoms with E-state index in [0.29, 0.717) is 5.92 Å². The van der Waals surface area contributed by atoms with Crippen LogP contribution in [0.15, 0.2) is 185 Å². The molecule has 10 rings (SSSR count). The Morgan fingerprint density at radius 3 is 2.27 bits per heavy atom. The second-order valence-electron chi connectivity index (χ2n) is 16.7. The first-order valence-electron chi connectivity index (χ1n) is 21.9. The van der Waals surface area contributed by atoms with Crippen molar-refractivity contribution < 1.29 is 4.79 Å². The molecular formula is C54H51N6+. The molecule has 3 heterocycles. The second-order valence-corrected chi connectivity index (χ2v) is 16.7. The Morgan fingerprint density at radius 1 is 0.700 bits per heavy atom. The number of rotatable bonds is 9. The van der Waals surface area contributed by atoms with Gasteiger partial charge in [-0.15, -0.1) is 0 Å². The van der Waals surface area contributed by atoms with Crippen LogP contribution >= 0.6 is 0 Å². The van der Waals surface area contributed by atoms with Crippen LogP contribution in [0.1, 0.15) is 75.0 Å². The summed E-state index contributed by atoms with van der Waals surface area (Å²) in [6.07, 6.45) is 34.2. The fourth-order valence-electron chi connectivity index (χ4n) is 9.77. The lowest BCUT2D eigenvalue weighted by atomic mass is 9.70. The minimum absolute atomic E-state index is 0.0123. The summed E-state index contributed by atoms with van der Waals surface area (Å²) in [5, 5.41) is 8.95. The summed E-state index contributed by atoms with van der Waals surface area (Å²) in [4.78, 5) is 20.7. The third kappa shape index (κ3) is 7.65. The highest BCUT2D eigenvalue weighted by molar-refractivity contribution is 6.09. The van der Waals surface area contributed by atoms with E-state index in [1.54, 1.807) is 0 Å². The number of nitrogens with zero attached hydrogens (tertiary/aromatic N) is 5. The topological polar surface area (TPSA) is 76.6 Å². The van der Waals surface area contributed by atoms with E-state index in [4.69, 9.17) is 20.1 Å². The van der Waals surface area contributed by atoms with Crippen LogP contribution in [0.3, 0.4) is 0 Å². The summed E-state index contributed by atoms with van der Waals surface area (Å²) < 4.78 is 0. The van der Waals surface area contributed by atoms with Crippen molar-refractivity contribution in [2.75, 3.05) is 0 Å². The molecule has 0 amide bonds. The molecule has 60 heavy (non-hydrogen) atoms. The molecule has 6 aliphatic rings. The first-order chi connectivity index (χ1) is 29.7. The van der Waals surface area contributed by atoms with Gasteiger partial charge in [0.1, 0.15) is 22.6 Å². The van der Waals surface area contributed by atoms with Crippen LogP contribution in [0, 0.1) is 23.7 Å². The zero-order valence-electron chi connectivity index (χ0n) is 34.2. The Kier molecular flexibility index (Phi) is 10.8. The van der Waals surface area contributed by atoms with E-state index >= 15 is 0 Å². The van der Waals surface area contributed by atoms with E-state index in [1.807, 2.05) is 6.21 Å². The average molecular weight is 784 g/mol. The Labute approximate surface area is 353 Å². The van der Waals surface area contributed by atoms with Gasteiger partial charge in [-0.3, -0.25) is 10.3 Å². The maximum Gasteiger partial charge on any atom is 0.342 e. The lowest BCUT2D eigenvalue weighted by Gasteiger charge is -2.40. The van der Waals surface area contributed by atoms with Gasteiger partial charge in [0.05, 0.1) is 16.2 Å². The molecule has 6 heteroatoms. The van der Waals surface area contributed by atoms with E-state index in [2.05, 4.69) is 175 Å².